The Hall–Kier alpha value is -3.80. The maximum Gasteiger partial charge on any atom is 0.229 e. The topological polar surface area (TPSA) is 59.8 Å². The summed E-state index contributed by atoms with van der Waals surface area (Å²) in [5, 5.41) is 7.60. The van der Waals surface area contributed by atoms with E-state index in [1.807, 2.05) is 42.5 Å². The number of rotatable bonds is 5. The number of anilines is 1. The average Bonchev–Trinajstić information content (AvgIpc) is 3.06. The van der Waals surface area contributed by atoms with Crippen molar-refractivity contribution in [3.05, 3.63) is 90.5 Å². The summed E-state index contributed by atoms with van der Waals surface area (Å²) < 4.78 is 15.0. The molecule has 0 radical (unpaired) electrons. The molecule has 0 aliphatic heterocycles. The summed E-state index contributed by atoms with van der Waals surface area (Å²) in [7, 11) is 1.77. The van der Waals surface area contributed by atoms with Crippen LogP contribution < -0.4 is 5.32 Å². The first-order valence-electron chi connectivity index (χ1n) is 9.19. The van der Waals surface area contributed by atoms with Crippen LogP contribution in [0.25, 0.3) is 22.4 Å². The van der Waals surface area contributed by atoms with Gasteiger partial charge in [0.25, 0.3) is 0 Å². The van der Waals surface area contributed by atoms with Crippen molar-refractivity contribution >= 4 is 11.7 Å². The van der Waals surface area contributed by atoms with Crippen molar-refractivity contribution in [2.45, 2.75) is 6.42 Å². The summed E-state index contributed by atoms with van der Waals surface area (Å²) in [6.07, 6.45) is 3.63. The number of aromatic nitrogens is 3. The maximum atomic E-state index is 13.4. The van der Waals surface area contributed by atoms with Crippen LogP contribution in [-0.2, 0) is 18.3 Å². The van der Waals surface area contributed by atoms with Gasteiger partial charge >= 0.3 is 0 Å². The molecule has 0 unspecified atom stereocenters. The van der Waals surface area contributed by atoms with Crippen LogP contribution in [0, 0.1) is 5.82 Å². The molecule has 0 saturated heterocycles. The van der Waals surface area contributed by atoms with Crippen LogP contribution in [0.4, 0.5) is 10.2 Å². The monoisotopic (exact) mass is 386 g/mol. The van der Waals surface area contributed by atoms with Crippen molar-refractivity contribution in [2.24, 2.45) is 7.05 Å². The second kappa shape index (κ2) is 8.06. The van der Waals surface area contributed by atoms with Crippen LogP contribution in [0.15, 0.2) is 79.1 Å². The Morgan fingerprint density at radius 2 is 1.66 bits per heavy atom. The molecule has 0 aliphatic carbocycles. The zero-order valence-electron chi connectivity index (χ0n) is 15.8. The van der Waals surface area contributed by atoms with Crippen LogP contribution in [-0.4, -0.2) is 20.7 Å². The molecule has 29 heavy (non-hydrogen) atoms. The average molecular weight is 386 g/mol. The number of halogens is 1. The standard InChI is InChI=1S/C23H19FN4O/c1-28-23(26-20(29)15-16-5-3-2-4-6-16)21(17-11-13-25-14-12-17)22(27-28)18-7-9-19(24)10-8-18/h2-14H,15H2,1H3,(H,26,29). The molecule has 2 heterocycles. The zero-order valence-corrected chi connectivity index (χ0v) is 15.8. The SMILES string of the molecule is Cn1nc(-c2ccc(F)cc2)c(-c2ccncc2)c1NC(=O)Cc1ccccc1. The lowest BCUT2D eigenvalue weighted by atomic mass is 10.0. The number of carbonyl (C=O) groups is 1. The fraction of sp³-hybridized carbons (Fsp3) is 0.0870. The summed E-state index contributed by atoms with van der Waals surface area (Å²) in [6.45, 7) is 0. The molecule has 0 fully saturated rings. The number of pyridine rings is 1. The molecule has 4 aromatic rings. The Bertz CT molecular complexity index is 1120. The number of amides is 1. The largest absolute Gasteiger partial charge is 0.310 e. The van der Waals surface area contributed by atoms with E-state index in [2.05, 4.69) is 15.4 Å². The first-order chi connectivity index (χ1) is 14.1. The molecule has 0 saturated carbocycles. The quantitative estimate of drug-likeness (QED) is 0.551. The van der Waals surface area contributed by atoms with E-state index in [9.17, 15) is 9.18 Å². The molecule has 2 aromatic carbocycles. The number of nitrogens with zero attached hydrogens (tertiary/aromatic N) is 3. The van der Waals surface area contributed by atoms with Crippen molar-refractivity contribution in [3.8, 4) is 22.4 Å². The second-order valence-electron chi connectivity index (χ2n) is 6.65. The molecule has 4 rings (SSSR count). The van der Waals surface area contributed by atoms with Crippen molar-refractivity contribution < 1.29 is 9.18 Å². The first-order valence-corrected chi connectivity index (χ1v) is 9.19. The first kappa shape index (κ1) is 18.6. The lowest BCUT2D eigenvalue weighted by Crippen LogP contribution is -2.17. The van der Waals surface area contributed by atoms with Gasteiger partial charge in [-0.2, -0.15) is 5.10 Å². The van der Waals surface area contributed by atoms with E-state index in [0.29, 0.717) is 11.5 Å². The molecule has 6 heteroatoms. The minimum Gasteiger partial charge on any atom is -0.310 e. The van der Waals surface area contributed by atoms with Gasteiger partial charge in [-0.1, -0.05) is 30.3 Å². The van der Waals surface area contributed by atoms with Gasteiger partial charge in [0.05, 0.1) is 12.0 Å². The van der Waals surface area contributed by atoms with Gasteiger partial charge in [-0.05, 0) is 47.5 Å². The van der Waals surface area contributed by atoms with Gasteiger partial charge in [-0.3, -0.25) is 14.5 Å². The second-order valence-corrected chi connectivity index (χ2v) is 6.65. The number of aryl methyl sites for hydroxylation is 1. The van der Waals surface area contributed by atoms with E-state index >= 15 is 0 Å². The summed E-state index contributed by atoms with van der Waals surface area (Å²) in [5.74, 6) is 0.128. The Kier molecular flexibility index (Phi) is 5.16. The van der Waals surface area contributed by atoms with Crippen LogP contribution >= 0.6 is 0 Å². The molecule has 0 atom stereocenters. The molecule has 144 valence electrons. The highest BCUT2D eigenvalue weighted by Crippen LogP contribution is 2.37. The molecule has 2 aromatic heterocycles. The smallest absolute Gasteiger partial charge is 0.229 e. The normalized spacial score (nSPS) is 10.7. The van der Waals surface area contributed by atoms with E-state index < -0.39 is 0 Å². The molecular formula is C23H19FN4O. The van der Waals surface area contributed by atoms with E-state index in [1.165, 1.54) is 12.1 Å². The predicted octanol–water partition coefficient (Wildman–Crippen LogP) is 4.47. The molecule has 1 amide bonds. The van der Waals surface area contributed by atoms with Gasteiger partial charge < -0.3 is 5.32 Å². The molecule has 0 spiro atoms. The van der Waals surface area contributed by atoms with Gasteiger partial charge in [-0.15, -0.1) is 0 Å². The van der Waals surface area contributed by atoms with Crippen molar-refractivity contribution in [2.75, 3.05) is 5.32 Å². The number of hydrogen-bond acceptors (Lipinski definition) is 3. The lowest BCUT2D eigenvalue weighted by molar-refractivity contribution is -0.115. The Morgan fingerprint density at radius 1 is 0.966 bits per heavy atom. The lowest BCUT2D eigenvalue weighted by Gasteiger charge is -2.10. The third-order valence-electron chi connectivity index (χ3n) is 4.60. The van der Waals surface area contributed by atoms with Crippen molar-refractivity contribution in [1.82, 2.24) is 14.8 Å². The maximum absolute atomic E-state index is 13.4. The molecule has 0 bridgehead atoms. The van der Waals surface area contributed by atoms with Crippen LogP contribution in [0.5, 0.6) is 0 Å². The Morgan fingerprint density at radius 3 is 2.34 bits per heavy atom. The number of carbonyl (C=O) groups excluding carboxylic acids is 1. The third kappa shape index (κ3) is 4.06. The highest BCUT2D eigenvalue weighted by molar-refractivity contribution is 5.99. The van der Waals surface area contributed by atoms with Crippen molar-refractivity contribution in [1.29, 1.82) is 0 Å². The molecule has 5 nitrogen and oxygen atoms in total. The molecule has 0 aliphatic rings. The minimum atomic E-state index is -0.313. The van der Waals surface area contributed by atoms with Gasteiger partial charge in [0, 0.05) is 25.0 Å². The van der Waals surface area contributed by atoms with E-state index in [1.54, 1.807) is 36.3 Å². The van der Waals surface area contributed by atoms with Crippen molar-refractivity contribution in [3.63, 3.8) is 0 Å². The van der Waals surface area contributed by atoms with Crippen LogP contribution in [0.3, 0.4) is 0 Å². The Balaban J connectivity index is 1.75. The van der Waals surface area contributed by atoms with Gasteiger partial charge in [-0.25, -0.2) is 4.39 Å². The molecule has 1 N–H and O–H groups in total. The highest BCUT2D eigenvalue weighted by atomic mass is 19.1. The number of benzene rings is 2. The van der Waals surface area contributed by atoms with Gasteiger partial charge in [0.15, 0.2) is 0 Å². The summed E-state index contributed by atoms with van der Waals surface area (Å²) >= 11 is 0. The van der Waals surface area contributed by atoms with Crippen LogP contribution in [0.1, 0.15) is 5.56 Å². The minimum absolute atomic E-state index is 0.139. The fourth-order valence-corrected chi connectivity index (χ4v) is 3.23. The predicted molar refractivity (Wildman–Crippen MR) is 111 cm³/mol. The Labute approximate surface area is 167 Å². The van der Waals surface area contributed by atoms with Crippen LogP contribution in [0.2, 0.25) is 0 Å². The van der Waals surface area contributed by atoms with Gasteiger partial charge in [0.2, 0.25) is 5.91 Å². The third-order valence-corrected chi connectivity index (χ3v) is 4.60. The summed E-state index contributed by atoms with van der Waals surface area (Å²) in [6, 6.07) is 19.4. The number of nitrogens with one attached hydrogen (secondary N) is 1. The summed E-state index contributed by atoms with van der Waals surface area (Å²) in [5.41, 5.74) is 3.98. The number of hydrogen-bond donors (Lipinski definition) is 1. The van der Waals surface area contributed by atoms with E-state index in [0.717, 1.165) is 22.3 Å². The fourth-order valence-electron chi connectivity index (χ4n) is 3.23. The van der Waals surface area contributed by atoms with Gasteiger partial charge in [0.1, 0.15) is 17.3 Å². The molecular weight excluding hydrogens is 367 g/mol. The van der Waals surface area contributed by atoms with E-state index in [4.69, 9.17) is 0 Å². The highest BCUT2D eigenvalue weighted by Gasteiger charge is 2.21. The van der Waals surface area contributed by atoms with E-state index in [-0.39, 0.29) is 18.1 Å². The zero-order chi connectivity index (χ0) is 20.2. The summed E-state index contributed by atoms with van der Waals surface area (Å²) in [4.78, 5) is 16.8.